The Morgan fingerprint density at radius 1 is 0.979 bits per heavy atom. The summed E-state index contributed by atoms with van der Waals surface area (Å²) in [6.45, 7) is 5.07. The van der Waals surface area contributed by atoms with Crippen LogP contribution in [0.15, 0.2) is 66.7 Å². The van der Waals surface area contributed by atoms with Crippen LogP contribution in [0.2, 0.25) is 0 Å². The molecule has 3 aromatic carbocycles. The Kier molecular flexibility index (Phi) is 10.8. The zero-order valence-corrected chi connectivity index (χ0v) is 27.1. The number of hydrogen-bond donors (Lipinski definition) is 3. The molecule has 1 aliphatic heterocycles. The van der Waals surface area contributed by atoms with E-state index in [2.05, 4.69) is 5.32 Å². The molecule has 0 aromatic heterocycles. The van der Waals surface area contributed by atoms with Crippen LogP contribution in [0.1, 0.15) is 70.3 Å². The van der Waals surface area contributed by atoms with Gasteiger partial charge in [0.05, 0.1) is 24.3 Å². The van der Waals surface area contributed by atoms with Crippen LogP contribution < -0.4 is 14.8 Å². The van der Waals surface area contributed by atoms with Gasteiger partial charge in [0.25, 0.3) is 5.91 Å². The second-order valence-electron chi connectivity index (χ2n) is 12.2. The van der Waals surface area contributed by atoms with E-state index in [0.29, 0.717) is 11.3 Å². The number of likely N-dealkylation sites (tertiary alicyclic amines) is 1. The number of carbonyl (C=O) groups excluding carboxylic acids is 3. The molecule has 0 spiro atoms. The predicted molar refractivity (Wildman–Crippen MR) is 171 cm³/mol. The zero-order valence-electron chi connectivity index (χ0n) is 27.1. The van der Waals surface area contributed by atoms with E-state index in [1.54, 1.807) is 24.3 Å². The second-order valence-corrected chi connectivity index (χ2v) is 12.2. The Hall–Kier alpha value is -5.10. The molecule has 1 aliphatic rings. The van der Waals surface area contributed by atoms with Gasteiger partial charge in [0.2, 0.25) is 5.78 Å². The zero-order chi connectivity index (χ0) is 34.4. The fourth-order valence-electron chi connectivity index (χ4n) is 5.55. The molecule has 3 aromatic rings. The van der Waals surface area contributed by atoms with Crippen molar-refractivity contribution >= 4 is 23.8 Å². The van der Waals surface area contributed by atoms with Gasteiger partial charge in [-0.05, 0) is 66.8 Å². The molecule has 47 heavy (non-hydrogen) atoms. The molecule has 0 saturated carbocycles. The van der Waals surface area contributed by atoms with Gasteiger partial charge < -0.3 is 39.4 Å². The number of amides is 2. The van der Waals surface area contributed by atoms with Crippen molar-refractivity contribution in [2.45, 2.75) is 50.7 Å². The lowest BCUT2D eigenvalue weighted by Gasteiger charge is -2.39. The number of methoxy groups -OCH3 is 2. The highest BCUT2D eigenvalue weighted by molar-refractivity contribution is 6.08. The number of ketones is 1. The quantitative estimate of drug-likeness (QED) is 0.154. The summed E-state index contributed by atoms with van der Waals surface area (Å²) in [5, 5.41) is 23.3. The molecule has 0 aliphatic carbocycles. The van der Waals surface area contributed by atoms with E-state index in [4.69, 9.17) is 18.9 Å². The summed E-state index contributed by atoms with van der Waals surface area (Å²) in [6, 6.07) is 15.6. The maximum atomic E-state index is 14.9. The smallest absolute Gasteiger partial charge is 0.407 e. The highest BCUT2D eigenvalue weighted by Gasteiger charge is 2.53. The number of esters is 1. The van der Waals surface area contributed by atoms with Gasteiger partial charge in [-0.15, -0.1) is 0 Å². The number of rotatable bonds is 10. The summed E-state index contributed by atoms with van der Waals surface area (Å²) in [6.07, 6.45) is -1.28. The Morgan fingerprint density at radius 2 is 1.70 bits per heavy atom. The van der Waals surface area contributed by atoms with Crippen molar-refractivity contribution in [2.24, 2.45) is 0 Å². The summed E-state index contributed by atoms with van der Waals surface area (Å²) < 4.78 is 22.3. The normalized spacial score (nSPS) is 18.1. The largest absolute Gasteiger partial charge is 0.508 e. The summed E-state index contributed by atoms with van der Waals surface area (Å²) in [4.78, 5) is 56.0. The highest BCUT2D eigenvalue weighted by atomic mass is 16.7. The molecule has 0 radical (unpaired) electrons. The lowest BCUT2D eigenvalue weighted by Crippen LogP contribution is -2.62. The molecule has 1 saturated heterocycles. The fourth-order valence-corrected chi connectivity index (χ4v) is 5.55. The number of carboxylic acid groups (broad SMARTS) is 1. The Bertz CT molecular complexity index is 1620. The molecule has 4 rings (SSSR count). The summed E-state index contributed by atoms with van der Waals surface area (Å²) in [5.74, 6) is -1.83. The molecule has 2 amide bonds. The van der Waals surface area contributed by atoms with Gasteiger partial charge in [0.1, 0.15) is 17.2 Å². The number of aromatic hydroxyl groups is 1. The topological polar surface area (TPSA) is 161 Å². The highest BCUT2D eigenvalue weighted by Crippen LogP contribution is 2.37. The van der Waals surface area contributed by atoms with Gasteiger partial charge in [-0.3, -0.25) is 9.59 Å². The van der Waals surface area contributed by atoms with Crippen LogP contribution in [0.4, 0.5) is 4.79 Å². The summed E-state index contributed by atoms with van der Waals surface area (Å²) in [7, 11) is 2.84. The van der Waals surface area contributed by atoms with Crippen molar-refractivity contribution in [1.82, 2.24) is 10.2 Å². The van der Waals surface area contributed by atoms with Crippen LogP contribution in [-0.2, 0) is 14.9 Å². The SMILES string of the molecule is COCOc1ccc(OC)cc1C(=O)[C@@]1(OC(=O)c2ccccc2)CCCN(C(=O)O)C[C@H]1NC(=O)c1ccc(O)c(C(C)(C)C)c1. The molecular formula is C35H40N2O10. The number of benzene rings is 3. The maximum absolute atomic E-state index is 14.9. The number of phenolic OH excluding ortho intramolecular Hbond substituents is 1. The monoisotopic (exact) mass is 648 g/mol. The van der Waals surface area contributed by atoms with Crippen LogP contribution in [-0.4, -0.2) is 84.6 Å². The minimum absolute atomic E-state index is 0.00324. The second kappa shape index (κ2) is 14.5. The van der Waals surface area contributed by atoms with E-state index >= 15 is 0 Å². The van der Waals surface area contributed by atoms with E-state index in [0.717, 1.165) is 4.90 Å². The molecule has 12 nitrogen and oxygen atoms in total. The number of nitrogens with one attached hydrogen (secondary N) is 1. The fraction of sp³-hybridized carbons (Fsp3) is 0.371. The molecule has 12 heteroatoms. The van der Waals surface area contributed by atoms with E-state index < -0.39 is 40.8 Å². The third-order valence-corrected chi connectivity index (χ3v) is 8.02. The lowest BCUT2D eigenvalue weighted by atomic mass is 9.81. The van der Waals surface area contributed by atoms with Crippen molar-refractivity contribution in [1.29, 1.82) is 0 Å². The molecule has 1 fully saturated rings. The van der Waals surface area contributed by atoms with Gasteiger partial charge in [-0.2, -0.15) is 0 Å². The number of Topliss-reactive ketones (excluding diaryl/α,β-unsaturated/α-hetero) is 1. The predicted octanol–water partition coefficient (Wildman–Crippen LogP) is 5.03. The number of carbonyl (C=O) groups is 4. The molecule has 1 heterocycles. The lowest BCUT2D eigenvalue weighted by molar-refractivity contribution is -0.0274. The number of nitrogens with zero attached hydrogens (tertiary/aromatic N) is 1. The molecule has 0 unspecified atom stereocenters. The Balaban J connectivity index is 1.90. The van der Waals surface area contributed by atoms with Gasteiger partial charge in [-0.1, -0.05) is 39.0 Å². The average Bonchev–Trinajstić information content (AvgIpc) is 3.23. The molecular weight excluding hydrogens is 608 g/mol. The Morgan fingerprint density at radius 3 is 2.34 bits per heavy atom. The summed E-state index contributed by atoms with van der Waals surface area (Å²) in [5.41, 5.74) is -1.83. The first-order valence-corrected chi connectivity index (χ1v) is 15.1. The van der Waals surface area contributed by atoms with Crippen molar-refractivity contribution in [3.63, 3.8) is 0 Å². The average molecular weight is 649 g/mol. The molecule has 250 valence electrons. The first kappa shape index (κ1) is 34.8. The van der Waals surface area contributed by atoms with Gasteiger partial charge in [-0.25, -0.2) is 9.59 Å². The van der Waals surface area contributed by atoms with Crippen LogP contribution >= 0.6 is 0 Å². The van der Waals surface area contributed by atoms with Gasteiger partial charge in [0, 0.05) is 31.3 Å². The number of hydrogen-bond acceptors (Lipinski definition) is 9. The van der Waals surface area contributed by atoms with Crippen molar-refractivity contribution in [2.75, 3.05) is 34.1 Å². The van der Waals surface area contributed by atoms with E-state index in [1.165, 1.54) is 56.7 Å². The molecule has 0 bridgehead atoms. The first-order chi connectivity index (χ1) is 22.3. The van der Waals surface area contributed by atoms with Gasteiger partial charge in [0.15, 0.2) is 12.4 Å². The van der Waals surface area contributed by atoms with E-state index in [1.807, 2.05) is 20.8 Å². The van der Waals surface area contributed by atoms with Crippen molar-refractivity contribution in [3.8, 4) is 17.2 Å². The molecule has 3 N–H and O–H groups in total. The first-order valence-electron chi connectivity index (χ1n) is 15.1. The minimum Gasteiger partial charge on any atom is -0.508 e. The van der Waals surface area contributed by atoms with Crippen LogP contribution in [0.25, 0.3) is 0 Å². The number of ether oxygens (including phenoxy) is 4. The van der Waals surface area contributed by atoms with Crippen LogP contribution in [0.3, 0.4) is 0 Å². The van der Waals surface area contributed by atoms with Crippen molar-refractivity contribution < 1.29 is 48.3 Å². The maximum Gasteiger partial charge on any atom is 0.407 e. The third kappa shape index (κ3) is 7.83. The van der Waals surface area contributed by atoms with Crippen molar-refractivity contribution in [3.05, 3.63) is 89.0 Å². The van der Waals surface area contributed by atoms with E-state index in [9.17, 15) is 29.4 Å². The van der Waals surface area contributed by atoms with Gasteiger partial charge >= 0.3 is 12.1 Å². The standard InChI is InChI=1S/C35H40N2O10/c1-34(2,3)26-18-23(12-14-27(26)38)31(40)36-29-20-37(33(42)43)17-9-16-35(29,47-32(41)22-10-7-6-8-11-22)30(39)25-19-24(45-5)13-15-28(25)46-21-44-4/h6-8,10-15,18-19,29,38H,9,16-17,20-21H2,1-5H3,(H,36,40)(H,42,43)/t29-,35-/m1/s1. The Labute approximate surface area is 273 Å². The van der Waals surface area contributed by atoms with E-state index in [-0.39, 0.29) is 60.9 Å². The van der Waals surface area contributed by atoms with Crippen LogP contribution in [0, 0.1) is 0 Å². The number of phenols is 1. The van der Waals surface area contributed by atoms with Crippen LogP contribution in [0.5, 0.6) is 17.2 Å². The summed E-state index contributed by atoms with van der Waals surface area (Å²) >= 11 is 0. The third-order valence-electron chi connectivity index (χ3n) is 8.02. The minimum atomic E-state index is -2.10. The molecule has 2 atom stereocenters.